The molecular weight excluding hydrogens is 625 g/mol. The third-order valence-corrected chi connectivity index (χ3v) is 9.50. The number of hydrogen-bond donors (Lipinski definition) is 0. The monoisotopic (exact) mass is 656 g/mol. The first-order valence-corrected chi connectivity index (χ1v) is 16.9. The van der Waals surface area contributed by atoms with Gasteiger partial charge >= 0.3 is 0 Å². The smallest absolute Gasteiger partial charge is 0.177 e. The Morgan fingerprint density at radius 3 is 1.47 bits per heavy atom. The fourth-order valence-corrected chi connectivity index (χ4v) is 7.19. The van der Waals surface area contributed by atoms with Crippen molar-refractivity contribution in [2.75, 3.05) is 9.80 Å². The quantitative estimate of drug-likeness (QED) is 0.177. The van der Waals surface area contributed by atoms with Gasteiger partial charge in [0.05, 0.1) is 11.4 Å². The van der Waals surface area contributed by atoms with Crippen LogP contribution >= 0.6 is 0 Å². The van der Waals surface area contributed by atoms with Crippen molar-refractivity contribution in [2.24, 2.45) is 0 Å². The highest BCUT2D eigenvalue weighted by atomic mass is 15.2. The summed E-state index contributed by atoms with van der Waals surface area (Å²) in [7, 11) is 0. The Kier molecular flexibility index (Phi) is 8.04. The van der Waals surface area contributed by atoms with Gasteiger partial charge in [0.25, 0.3) is 0 Å². The van der Waals surface area contributed by atoms with Gasteiger partial charge in [0, 0.05) is 58.1 Å². The average molecular weight is 657 g/mol. The van der Waals surface area contributed by atoms with E-state index in [0.29, 0.717) is 11.4 Å². The van der Waals surface area contributed by atoms with Crippen LogP contribution in [-0.2, 0) is 12.8 Å². The van der Waals surface area contributed by atoms with Gasteiger partial charge in [-0.25, -0.2) is 9.97 Å². The zero-order valence-electron chi connectivity index (χ0n) is 28.1. The molecule has 0 saturated carbocycles. The molecule has 2 aliphatic rings. The van der Waals surface area contributed by atoms with Crippen molar-refractivity contribution < 1.29 is 0 Å². The summed E-state index contributed by atoms with van der Waals surface area (Å²) in [6, 6.07) is 45.8. The fourth-order valence-electron chi connectivity index (χ4n) is 7.19. The summed E-state index contributed by atoms with van der Waals surface area (Å²) in [6.45, 7) is 6.18. The van der Waals surface area contributed by atoms with E-state index in [2.05, 4.69) is 138 Å². The highest BCUT2D eigenvalue weighted by molar-refractivity contribution is 5.86. The number of benzene rings is 5. The molecule has 6 nitrogen and oxygen atoms in total. The van der Waals surface area contributed by atoms with Crippen molar-refractivity contribution in [3.05, 3.63) is 185 Å². The van der Waals surface area contributed by atoms with Gasteiger partial charge in [0.2, 0.25) is 0 Å². The number of para-hydroxylation sites is 3. The summed E-state index contributed by atoms with van der Waals surface area (Å²) in [5.74, 6) is 0. The van der Waals surface area contributed by atoms with Crippen LogP contribution in [0.3, 0.4) is 0 Å². The van der Waals surface area contributed by atoms with Crippen LogP contribution in [0.5, 0.6) is 0 Å². The molecule has 0 saturated heterocycles. The van der Waals surface area contributed by atoms with E-state index in [1.54, 1.807) is 0 Å². The Hall–Kier alpha value is -7.02. The molecule has 0 bridgehead atoms. The third kappa shape index (κ3) is 5.46. The maximum atomic E-state index is 9.92. The van der Waals surface area contributed by atoms with Crippen LogP contribution in [0.2, 0.25) is 0 Å². The van der Waals surface area contributed by atoms with Gasteiger partial charge in [-0.1, -0.05) is 97.6 Å². The SMILES string of the molecule is C=CC1=C(/C=C\C)Cc2ccccc2N1c1ccc(-c2nc(C#N)c(C#N)nc2-c2ccc(N3c4ccccc4Cc4ccccc43)cc2)cc1. The van der Waals surface area contributed by atoms with Gasteiger partial charge in [-0.2, -0.15) is 10.5 Å². The summed E-state index contributed by atoms with van der Waals surface area (Å²) in [4.78, 5) is 14.0. The minimum absolute atomic E-state index is 0.00183. The Morgan fingerprint density at radius 2 is 1.02 bits per heavy atom. The maximum Gasteiger partial charge on any atom is 0.177 e. The van der Waals surface area contributed by atoms with Gasteiger partial charge in [-0.15, -0.1) is 0 Å². The molecule has 0 atom stereocenters. The molecule has 242 valence electrons. The molecule has 51 heavy (non-hydrogen) atoms. The Labute approximate surface area is 297 Å². The molecule has 0 amide bonds. The van der Waals surface area contributed by atoms with Crippen molar-refractivity contribution in [1.29, 1.82) is 10.5 Å². The lowest BCUT2D eigenvalue weighted by Gasteiger charge is -2.34. The predicted molar refractivity (Wildman–Crippen MR) is 204 cm³/mol. The second-order valence-electron chi connectivity index (χ2n) is 12.5. The van der Waals surface area contributed by atoms with E-state index >= 15 is 0 Å². The lowest BCUT2D eigenvalue weighted by molar-refractivity contribution is 1.04. The Bertz CT molecular complexity index is 2430. The molecule has 1 aromatic heterocycles. The van der Waals surface area contributed by atoms with E-state index in [1.807, 2.05) is 37.3 Å². The second-order valence-corrected chi connectivity index (χ2v) is 12.5. The zero-order chi connectivity index (χ0) is 34.9. The van der Waals surface area contributed by atoms with Crippen molar-refractivity contribution in [3.63, 3.8) is 0 Å². The first-order chi connectivity index (χ1) is 25.1. The number of nitriles is 2. The molecule has 0 aliphatic carbocycles. The molecule has 2 aliphatic heterocycles. The van der Waals surface area contributed by atoms with Crippen LogP contribution < -0.4 is 9.80 Å². The molecule has 0 unspecified atom stereocenters. The number of allylic oxidation sites excluding steroid dienone is 4. The molecule has 3 heterocycles. The number of hydrogen-bond acceptors (Lipinski definition) is 6. The number of aromatic nitrogens is 2. The van der Waals surface area contributed by atoms with E-state index in [4.69, 9.17) is 9.97 Å². The van der Waals surface area contributed by atoms with Crippen LogP contribution in [-0.4, -0.2) is 9.97 Å². The predicted octanol–water partition coefficient (Wildman–Crippen LogP) is 10.6. The summed E-state index contributed by atoms with van der Waals surface area (Å²) in [6.07, 6.45) is 7.82. The molecule has 8 rings (SSSR count). The molecule has 5 aromatic carbocycles. The van der Waals surface area contributed by atoms with Crippen molar-refractivity contribution in [2.45, 2.75) is 19.8 Å². The topological polar surface area (TPSA) is 79.8 Å². The molecule has 0 fully saturated rings. The second kappa shape index (κ2) is 13.1. The zero-order valence-corrected chi connectivity index (χ0v) is 28.1. The van der Waals surface area contributed by atoms with E-state index in [9.17, 15) is 10.5 Å². The Balaban J connectivity index is 1.21. The highest BCUT2D eigenvalue weighted by Crippen LogP contribution is 2.45. The maximum absolute atomic E-state index is 9.92. The number of nitrogens with zero attached hydrogens (tertiary/aromatic N) is 6. The average Bonchev–Trinajstić information content (AvgIpc) is 3.19. The van der Waals surface area contributed by atoms with Gasteiger partial charge in [-0.3, -0.25) is 0 Å². The fraction of sp³-hybridized carbons (Fsp3) is 0.0667. The molecular formula is C45H32N6. The van der Waals surface area contributed by atoms with Gasteiger partial charge < -0.3 is 9.80 Å². The minimum Gasteiger partial charge on any atom is -0.310 e. The molecule has 6 aromatic rings. The van der Waals surface area contributed by atoms with Gasteiger partial charge in [0.1, 0.15) is 12.1 Å². The van der Waals surface area contributed by atoms with Crippen molar-refractivity contribution in [3.8, 4) is 34.7 Å². The summed E-state index contributed by atoms with van der Waals surface area (Å²) < 4.78 is 0. The molecule has 6 heteroatoms. The summed E-state index contributed by atoms with van der Waals surface area (Å²) in [5, 5.41) is 19.8. The minimum atomic E-state index is -0.00342. The van der Waals surface area contributed by atoms with Crippen LogP contribution in [0.15, 0.2) is 157 Å². The normalized spacial score (nSPS) is 13.2. The number of rotatable bonds is 6. The Morgan fingerprint density at radius 1 is 0.588 bits per heavy atom. The largest absolute Gasteiger partial charge is 0.310 e. The highest BCUT2D eigenvalue weighted by Gasteiger charge is 2.26. The van der Waals surface area contributed by atoms with Crippen LogP contribution in [0.4, 0.5) is 28.4 Å². The molecule has 0 N–H and O–H groups in total. The van der Waals surface area contributed by atoms with Crippen LogP contribution in [0, 0.1) is 22.7 Å². The standard InChI is InChI=1S/C45H32N6/c1-3-11-32-26-33-12-5-8-15-41(33)50(40(32)4-2)36-22-18-30(19-23-36)44-45(49-39(29-47)38(28-46)48-44)31-20-24-37(25-21-31)51-42-16-9-6-13-34(42)27-35-14-7-10-17-43(35)51/h3-25H,2,26-27H2,1H3/b11-3-. The summed E-state index contributed by atoms with van der Waals surface area (Å²) >= 11 is 0. The van der Waals surface area contributed by atoms with E-state index in [1.165, 1.54) is 22.3 Å². The van der Waals surface area contributed by atoms with E-state index in [0.717, 1.165) is 58.1 Å². The number of anilines is 5. The number of fused-ring (bicyclic) bond motifs is 3. The third-order valence-electron chi connectivity index (χ3n) is 9.50. The van der Waals surface area contributed by atoms with Crippen molar-refractivity contribution >= 4 is 28.4 Å². The van der Waals surface area contributed by atoms with Crippen LogP contribution in [0.1, 0.15) is 35.0 Å². The van der Waals surface area contributed by atoms with E-state index in [-0.39, 0.29) is 11.4 Å². The summed E-state index contributed by atoms with van der Waals surface area (Å²) in [5.41, 5.74) is 14.0. The van der Waals surface area contributed by atoms with Crippen molar-refractivity contribution in [1.82, 2.24) is 9.97 Å². The lowest BCUT2D eigenvalue weighted by Crippen LogP contribution is -2.22. The lowest BCUT2D eigenvalue weighted by atomic mass is 9.94. The first-order valence-electron chi connectivity index (χ1n) is 16.9. The van der Waals surface area contributed by atoms with Gasteiger partial charge in [-0.05, 0) is 77.7 Å². The van der Waals surface area contributed by atoms with Gasteiger partial charge in [0.15, 0.2) is 11.4 Å². The first kappa shape index (κ1) is 31.3. The molecule has 0 radical (unpaired) electrons. The van der Waals surface area contributed by atoms with E-state index < -0.39 is 0 Å². The van der Waals surface area contributed by atoms with Crippen LogP contribution in [0.25, 0.3) is 22.5 Å². The molecule has 0 spiro atoms.